The van der Waals surface area contributed by atoms with Crippen molar-refractivity contribution in [1.82, 2.24) is 9.88 Å². The van der Waals surface area contributed by atoms with Crippen molar-refractivity contribution in [3.8, 4) is 11.3 Å². The number of rotatable bonds is 6. The number of carbonyl (C=O) groups is 1. The number of aliphatic hydroxyl groups excluding tert-OH is 1. The largest absolute Gasteiger partial charge is 0.441 e. The van der Waals surface area contributed by atoms with Crippen LogP contribution in [0.5, 0.6) is 0 Å². The first-order chi connectivity index (χ1) is 10.1. The molecule has 2 aromatic rings. The van der Waals surface area contributed by atoms with E-state index >= 15 is 0 Å². The van der Waals surface area contributed by atoms with Crippen LogP contribution in [0.3, 0.4) is 0 Å². The quantitative estimate of drug-likeness (QED) is 0.884. The third-order valence-corrected chi connectivity index (χ3v) is 3.48. The minimum absolute atomic E-state index is 0.0315. The molecule has 0 spiro atoms. The van der Waals surface area contributed by atoms with Gasteiger partial charge in [0.05, 0.1) is 18.8 Å². The number of hydrogen-bond acceptors (Lipinski definition) is 4. The number of carbonyl (C=O) groups excluding carboxylic acids is 1. The second-order valence-electron chi connectivity index (χ2n) is 5.02. The lowest BCUT2D eigenvalue weighted by atomic mass is 10.2. The highest BCUT2D eigenvalue weighted by molar-refractivity contribution is 5.76. The molecule has 21 heavy (non-hydrogen) atoms. The number of oxazole rings is 1. The van der Waals surface area contributed by atoms with Gasteiger partial charge in [0.15, 0.2) is 11.7 Å². The van der Waals surface area contributed by atoms with Gasteiger partial charge in [-0.15, -0.1) is 0 Å². The normalized spacial score (nSPS) is 12.1. The maximum absolute atomic E-state index is 11.9. The molecule has 0 aliphatic rings. The second-order valence-corrected chi connectivity index (χ2v) is 5.02. The molecule has 5 nitrogen and oxygen atoms in total. The van der Waals surface area contributed by atoms with E-state index in [2.05, 4.69) is 4.98 Å². The minimum atomic E-state index is -0.179. The Morgan fingerprint density at radius 1 is 1.38 bits per heavy atom. The fourth-order valence-corrected chi connectivity index (χ4v) is 1.92. The summed E-state index contributed by atoms with van der Waals surface area (Å²) in [5.74, 6) is 1.22. The van der Waals surface area contributed by atoms with Crippen molar-refractivity contribution in [1.29, 1.82) is 0 Å². The van der Waals surface area contributed by atoms with Crippen molar-refractivity contribution < 1.29 is 14.3 Å². The van der Waals surface area contributed by atoms with E-state index in [0.29, 0.717) is 24.5 Å². The Hall–Kier alpha value is -2.14. The Labute approximate surface area is 124 Å². The van der Waals surface area contributed by atoms with Gasteiger partial charge in [-0.2, -0.15) is 0 Å². The van der Waals surface area contributed by atoms with Gasteiger partial charge >= 0.3 is 0 Å². The first kappa shape index (κ1) is 15.3. The Morgan fingerprint density at radius 3 is 2.76 bits per heavy atom. The third kappa shape index (κ3) is 3.92. The molecule has 1 unspecified atom stereocenters. The third-order valence-electron chi connectivity index (χ3n) is 3.48. The maximum Gasteiger partial charge on any atom is 0.223 e. The van der Waals surface area contributed by atoms with Gasteiger partial charge in [0.25, 0.3) is 0 Å². The summed E-state index contributed by atoms with van der Waals surface area (Å²) < 4.78 is 5.66. The molecule has 1 amide bonds. The topological polar surface area (TPSA) is 66.6 Å². The van der Waals surface area contributed by atoms with E-state index in [4.69, 9.17) is 9.52 Å². The van der Waals surface area contributed by atoms with Gasteiger partial charge in [-0.1, -0.05) is 30.3 Å². The summed E-state index contributed by atoms with van der Waals surface area (Å²) in [4.78, 5) is 17.7. The van der Waals surface area contributed by atoms with Crippen LogP contribution in [0, 0.1) is 0 Å². The van der Waals surface area contributed by atoms with E-state index in [0.717, 1.165) is 5.56 Å². The number of aliphatic hydroxyl groups is 1. The summed E-state index contributed by atoms with van der Waals surface area (Å²) in [6.45, 7) is 1.76. The lowest BCUT2D eigenvalue weighted by molar-refractivity contribution is -0.132. The average Bonchev–Trinajstić information content (AvgIpc) is 3.01. The SMILES string of the molecule is CC(CO)N(C)C(=O)CCc1ncc(-c2ccccc2)o1. The van der Waals surface area contributed by atoms with Crippen LogP contribution in [0.2, 0.25) is 0 Å². The molecular formula is C16H20N2O3. The molecule has 112 valence electrons. The fraction of sp³-hybridized carbons (Fsp3) is 0.375. The van der Waals surface area contributed by atoms with Gasteiger partial charge in [0, 0.05) is 25.5 Å². The first-order valence-corrected chi connectivity index (χ1v) is 6.98. The van der Waals surface area contributed by atoms with Crippen LogP contribution in [0.1, 0.15) is 19.2 Å². The van der Waals surface area contributed by atoms with E-state index in [-0.39, 0.29) is 18.6 Å². The number of likely N-dealkylation sites (N-methyl/N-ethyl adjacent to an activating group) is 1. The number of aryl methyl sites for hydroxylation is 1. The monoisotopic (exact) mass is 288 g/mol. The molecule has 0 aliphatic heterocycles. The minimum Gasteiger partial charge on any atom is -0.441 e. The van der Waals surface area contributed by atoms with Gasteiger partial charge < -0.3 is 14.4 Å². The van der Waals surface area contributed by atoms with E-state index < -0.39 is 0 Å². The number of benzene rings is 1. The second kappa shape index (κ2) is 7.04. The smallest absolute Gasteiger partial charge is 0.223 e. The van der Waals surface area contributed by atoms with Crippen molar-refractivity contribution >= 4 is 5.91 Å². The van der Waals surface area contributed by atoms with E-state index in [1.165, 1.54) is 0 Å². The first-order valence-electron chi connectivity index (χ1n) is 6.98. The zero-order valence-corrected chi connectivity index (χ0v) is 12.3. The number of amides is 1. The molecule has 0 saturated carbocycles. The highest BCUT2D eigenvalue weighted by atomic mass is 16.4. The van der Waals surface area contributed by atoms with Crippen LogP contribution in [0.25, 0.3) is 11.3 Å². The number of nitrogens with zero attached hydrogens (tertiary/aromatic N) is 2. The summed E-state index contributed by atoms with van der Waals surface area (Å²) in [5, 5.41) is 9.04. The van der Waals surface area contributed by atoms with Gasteiger partial charge in [0.2, 0.25) is 5.91 Å². The zero-order valence-electron chi connectivity index (χ0n) is 12.3. The van der Waals surface area contributed by atoms with Crippen LogP contribution in [0.15, 0.2) is 40.9 Å². The highest BCUT2D eigenvalue weighted by Crippen LogP contribution is 2.20. The Kier molecular flexibility index (Phi) is 5.11. The summed E-state index contributed by atoms with van der Waals surface area (Å²) in [6, 6.07) is 9.54. The predicted molar refractivity (Wildman–Crippen MR) is 79.6 cm³/mol. The summed E-state index contributed by atoms with van der Waals surface area (Å²) in [5.41, 5.74) is 0.966. The average molecular weight is 288 g/mol. The highest BCUT2D eigenvalue weighted by Gasteiger charge is 2.16. The summed E-state index contributed by atoms with van der Waals surface area (Å²) in [6.07, 6.45) is 2.44. The Balaban J connectivity index is 1.93. The van der Waals surface area contributed by atoms with E-state index in [1.807, 2.05) is 30.3 Å². The van der Waals surface area contributed by atoms with Crippen molar-refractivity contribution in [3.63, 3.8) is 0 Å². The van der Waals surface area contributed by atoms with Crippen LogP contribution < -0.4 is 0 Å². The molecule has 1 aromatic carbocycles. The van der Waals surface area contributed by atoms with Crippen LogP contribution in [0.4, 0.5) is 0 Å². The molecule has 5 heteroatoms. The van der Waals surface area contributed by atoms with Gasteiger partial charge in [0.1, 0.15) is 0 Å². The summed E-state index contributed by atoms with van der Waals surface area (Å²) >= 11 is 0. The molecule has 0 fully saturated rings. The molecule has 0 saturated heterocycles. The zero-order chi connectivity index (χ0) is 15.2. The maximum atomic E-state index is 11.9. The molecule has 0 bridgehead atoms. The number of hydrogen-bond donors (Lipinski definition) is 1. The molecule has 1 N–H and O–H groups in total. The molecular weight excluding hydrogens is 268 g/mol. The fourth-order valence-electron chi connectivity index (χ4n) is 1.92. The molecule has 1 aromatic heterocycles. The molecule has 1 heterocycles. The standard InChI is InChI=1S/C16H20N2O3/c1-12(11-19)18(2)16(20)9-8-15-17-10-14(21-15)13-6-4-3-5-7-13/h3-7,10,12,19H,8-9,11H2,1-2H3. The van der Waals surface area contributed by atoms with Crippen molar-refractivity contribution in [2.75, 3.05) is 13.7 Å². The molecule has 0 aliphatic carbocycles. The molecule has 1 atom stereocenters. The van der Waals surface area contributed by atoms with Crippen LogP contribution in [-0.2, 0) is 11.2 Å². The molecule has 0 radical (unpaired) electrons. The van der Waals surface area contributed by atoms with E-state index in [9.17, 15) is 4.79 Å². The van der Waals surface area contributed by atoms with Crippen LogP contribution in [-0.4, -0.2) is 40.6 Å². The molecule has 2 rings (SSSR count). The van der Waals surface area contributed by atoms with Gasteiger partial charge in [-0.25, -0.2) is 4.98 Å². The van der Waals surface area contributed by atoms with Gasteiger partial charge in [-0.05, 0) is 6.92 Å². The van der Waals surface area contributed by atoms with Crippen LogP contribution >= 0.6 is 0 Å². The van der Waals surface area contributed by atoms with Crippen molar-refractivity contribution in [2.24, 2.45) is 0 Å². The number of aromatic nitrogens is 1. The lowest BCUT2D eigenvalue weighted by Gasteiger charge is -2.22. The Morgan fingerprint density at radius 2 is 2.10 bits per heavy atom. The lowest BCUT2D eigenvalue weighted by Crippen LogP contribution is -2.37. The predicted octanol–water partition coefficient (Wildman–Crippen LogP) is 2.11. The van der Waals surface area contributed by atoms with Crippen molar-refractivity contribution in [3.05, 3.63) is 42.4 Å². The van der Waals surface area contributed by atoms with Gasteiger partial charge in [-0.3, -0.25) is 4.79 Å². The van der Waals surface area contributed by atoms with E-state index in [1.54, 1.807) is 25.1 Å². The summed E-state index contributed by atoms with van der Waals surface area (Å²) in [7, 11) is 1.69. The Bertz CT molecular complexity index is 580. The van der Waals surface area contributed by atoms with Crippen molar-refractivity contribution in [2.45, 2.75) is 25.8 Å².